The predicted octanol–water partition coefficient (Wildman–Crippen LogP) is 3.16. The molecule has 0 spiro atoms. The number of carboxylic acid groups (broad SMARTS) is 2. The van der Waals surface area contributed by atoms with Crippen LogP contribution in [0.15, 0.2) is 121 Å². The van der Waals surface area contributed by atoms with Crippen LogP contribution in [-0.4, -0.2) is 93.2 Å². The molecule has 0 bridgehead atoms. The van der Waals surface area contributed by atoms with Gasteiger partial charge in [0, 0.05) is 0 Å². The van der Waals surface area contributed by atoms with E-state index in [4.69, 9.17) is 40.1 Å². The molecule has 0 aliphatic carbocycles. The zero-order chi connectivity index (χ0) is 34.2. The lowest BCUT2D eigenvalue weighted by Crippen LogP contribution is -2.21. The molecule has 12 heteroatoms. The fourth-order valence-electron chi connectivity index (χ4n) is 2.93. The van der Waals surface area contributed by atoms with Crippen LogP contribution in [0, 0.1) is 0 Å². The molecule has 0 saturated heterocycles. The van der Waals surface area contributed by atoms with Gasteiger partial charge in [-0.1, -0.05) is 72.8 Å². The number of hydrogen-bond donors (Lipinski definition) is 6. The molecule has 0 amide bonds. The molecule has 0 radical (unpaired) electrons. The molecule has 0 aliphatic heterocycles. The maximum absolute atomic E-state index is 11.3. The summed E-state index contributed by atoms with van der Waals surface area (Å²) in [5.41, 5.74) is 1.52. The van der Waals surface area contributed by atoms with Gasteiger partial charge in [-0.2, -0.15) is 0 Å². The first kappa shape index (κ1) is 38.6. The van der Waals surface area contributed by atoms with Gasteiger partial charge >= 0.3 is 23.9 Å². The molecule has 0 aromatic heterocycles. The quantitative estimate of drug-likeness (QED) is 0.139. The number of rotatable bonds is 10. The maximum Gasteiger partial charge on any atom is 0.338 e. The van der Waals surface area contributed by atoms with E-state index in [1.165, 1.54) is 0 Å². The number of carbonyl (C=O) groups is 4. The summed E-state index contributed by atoms with van der Waals surface area (Å²) in [7, 11) is 0. The number of aromatic carboxylic acids is 2. The van der Waals surface area contributed by atoms with Gasteiger partial charge in [-0.25, -0.2) is 19.2 Å². The molecular formula is C34H36O12. The highest BCUT2D eigenvalue weighted by Crippen LogP contribution is 2.02. The Kier molecular flexibility index (Phi) is 19.3. The van der Waals surface area contributed by atoms with E-state index in [1.54, 1.807) is 121 Å². The fourth-order valence-corrected chi connectivity index (χ4v) is 2.93. The smallest absolute Gasteiger partial charge is 0.338 e. The number of benzene rings is 4. The molecule has 0 fully saturated rings. The summed E-state index contributed by atoms with van der Waals surface area (Å²) in [6.45, 7) is -1.21. The van der Waals surface area contributed by atoms with E-state index in [0.29, 0.717) is 22.3 Å². The highest BCUT2D eigenvalue weighted by atomic mass is 16.5. The third-order valence-electron chi connectivity index (χ3n) is 5.30. The van der Waals surface area contributed by atoms with Gasteiger partial charge < -0.3 is 40.1 Å². The van der Waals surface area contributed by atoms with Gasteiger partial charge in [-0.15, -0.1) is 0 Å². The molecule has 46 heavy (non-hydrogen) atoms. The number of carbonyl (C=O) groups excluding carboxylic acids is 2. The number of esters is 2. The first-order chi connectivity index (χ1) is 22.1. The molecule has 0 heterocycles. The largest absolute Gasteiger partial charge is 0.478 e. The number of carboxylic acids is 2. The first-order valence-electron chi connectivity index (χ1n) is 13.7. The lowest BCUT2D eigenvalue weighted by molar-refractivity contribution is 0.00900. The normalized spacial score (nSPS) is 10.9. The van der Waals surface area contributed by atoms with Crippen LogP contribution in [0.5, 0.6) is 0 Å². The Labute approximate surface area is 265 Å². The summed E-state index contributed by atoms with van der Waals surface area (Å²) in [6.07, 6.45) is -2.02. The van der Waals surface area contributed by atoms with E-state index in [1.807, 2.05) is 0 Å². The van der Waals surface area contributed by atoms with E-state index in [0.717, 1.165) is 0 Å². The van der Waals surface area contributed by atoms with Gasteiger partial charge in [-0.3, -0.25) is 0 Å². The van der Waals surface area contributed by atoms with E-state index >= 15 is 0 Å². The van der Waals surface area contributed by atoms with E-state index in [9.17, 15) is 19.2 Å². The Balaban J connectivity index is 0.000000313. The van der Waals surface area contributed by atoms with Gasteiger partial charge in [-0.05, 0) is 48.5 Å². The molecule has 0 aliphatic rings. The van der Waals surface area contributed by atoms with E-state index in [-0.39, 0.29) is 13.2 Å². The molecule has 0 saturated carbocycles. The molecule has 2 atom stereocenters. The van der Waals surface area contributed by atoms with Gasteiger partial charge in [0.1, 0.15) is 25.4 Å². The number of aliphatic hydroxyl groups excluding tert-OH is 4. The minimum absolute atomic E-state index is 0.190. The molecule has 4 aromatic carbocycles. The Hall–Kier alpha value is -5.40. The second kappa shape index (κ2) is 23.0. The van der Waals surface area contributed by atoms with Crippen molar-refractivity contribution in [3.63, 3.8) is 0 Å². The van der Waals surface area contributed by atoms with Crippen LogP contribution in [0.25, 0.3) is 0 Å². The predicted molar refractivity (Wildman–Crippen MR) is 166 cm³/mol. The van der Waals surface area contributed by atoms with Crippen LogP contribution in [0.3, 0.4) is 0 Å². The molecule has 4 rings (SSSR count). The monoisotopic (exact) mass is 636 g/mol. The van der Waals surface area contributed by atoms with E-state index in [2.05, 4.69) is 0 Å². The third kappa shape index (κ3) is 17.0. The van der Waals surface area contributed by atoms with Gasteiger partial charge in [0.25, 0.3) is 0 Å². The van der Waals surface area contributed by atoms with Gasteiger partial charge in [0.2, 0.25) is 0 Å². The average molecular weight is 637 g/mol. The van der Waals surface area contributed by atoms with Crippen molar-refractivity contribution >= 4 is 23.9 Å². The molecular weight excluding hydrogens is 600 g/mol. The lowest BCUT2D eigenvalue weighted by atomic mass is 10.2. The average Bonchev–Trinajstić information content (AvgIpc) is 3.11. The number of hydrogen-bond acceptors (Lipinski definition) is 10. The third-order valence-corrected chi connectivity index (χ3v) is 5.30. The van der Waals surface area contributed by atoms with Gasteiger partial charge in [0.15, 0.2) is 0 Å². The summed E-state index contributed by atoms with van der Waals surface area (Å²) in [5.74, 6) is -2.76. The SMILES string of the molecule is O=C(O)c1ccccc1.O=C(O)c1ccccc1.O=C(OCC(O)CO)c1ccccc1.O=C(OCC(O)CO)c1ccccc1. The van der Waals surface area contributed by atoms with Crippen molar-refractivity contribution in [2.75, 3.05) is 26.4 Å². The Morgan fingerprint density at radius 2 is 0.696 bits per heavy atom. The minimum atomic E-state index is -1.01. The summed E-state index contributed by atoms with van der Waals surface area (Å²) in [6, 6.07) is 33.5. The van der Waals surface area contributed by atoms with E-state index < -0.39 is 49.3 Å². The fraction of sp³-hybridized carbons (Fsp3) is 0.176. The Morgan fingerprint density at radius 3 is 0.891 bits per heavy atom. The molecule has 2 unspecified atom stereocenters. The zero-order valence-electron chi connectivity index (χ0n) is 24.7. The topological polar surface area (TPSA) is 208 Å². The molecule has 12 nitrogen and oxygen atoms in total. The van der Waals surface area contributed by atoms with Gasteiger partial charge in [0.05, 0.1) is 35.5 Å². The van der Waals surface area contributed by atoms with Crippen molar-refractivity contribution < 1.29 is 59.3 Å². The Bertz CT molecular complexity index is 1300. The first-order valence-corrected chi connectivity index (χ1v) is 13.7. The minimum Gasteiger partial charge on any atom is -0.478 e. The van der Waals surface area contributed by atoms with Crippen LogP contribution in [-0.2, 0) is 9.47 Å². The van der Waals surface area contributed by atoms with Crippen LogP contribution in [0.4, 0.5) is 0 Å². The summed E-state index contributed by atoms with van der Waals surface area (Å²) in [5, 5.41) is 51.6. The zero-order valence-corrected chi connectivity index (χ0v) is 24.7. The van der Waals surface area contributed by atoms with Crippen LogP contribution in [0.2, 0.25) is 0 Å². The van der Waals surface area contributed by atoms with Crippen molar-refractivity contribution in [3.8, 4) is 0 Å². The number of aliphatic hydroxyl groups is 4. The van der Waals surface area contributed by atoms with Crippen LogP contribution in [0.1, 0.15) is 41.4 Å². The molecule has 4 aromatic rings. The van der Waals surface area contributed by atoms with Crippen molar-refractivity contribution in [3.05, 3.63) is 144 Å². The van der Waals surface area contributed by atoms with Crippen molar-refractivity contribution in [1.29, 1.82) is 0 Å². The van der Waals surface area contributed by atoms with Crippen molar-refractivity contribution in [1.82, 2.24) is 0 Å². The second-order valence-corrected chi connectivity index (χ2v) is 8.94. The second-order valence-electron chi connectivity index (χ2n) is 8.94. The molecule has 6 N–H and O–H groups in total. The number of ether oxygens (including phenoxy) is 2. The Morgan fingerprint density at radius 1 is 0.457 bits per heavy atom. The standard InChI is InChI=1S/2C10H12O4.2C7H6O2/c2*11-6-9(12)7-14-10(13)8-4-2-1-3-5-8;2*8-7(9)6-4-2-1-3-5-6/h2*1-5,9,11-12H,6-7H2;2*1-5H,(H,8,9). The lowest BCUT2D eigenvalue weighted by Gasteiger charge is -2.07. The highest BCUT2D eigenvalue weighted by molar-refractivity contribution is 5.90. The summed E-state index contributed by atoms with van der Waals surface area (Å²) < 4.78 is 9.46. The highest BCUT2D eigenvalue weighted by Gasteiger charge is 2.10. The van der Waals surface area contributed by atoms with Crippen molar-refractivity contribution in [2.24, 2.45) is 0 Å². The molecule has 244 valence electrons. The summed E-state index contributed by atoms with van der Waals surface area (Å²) >= 11 is 0. The van der Waals surface area contributed by atoms with Crippen LogP contribution >= 0.6 is 0 Å². The maximum atomic E-state index is 11.3. The summed E-state index contributed by atoms with van der Waals surface area (Å²) in [4.78, 5) is 42.9. The van der Waals surface area contributed by atoms with Crippen LogP contribution < -0.4 is 0 Å². The van der Waals surface area contributed by atoms with Crippen molar-refractivity contribution in [2.45, 2.75) is 12.2 Å².